The van der Waals surface area contributed by atoms with Gasteiger partial charge in [-0.3, -0.25) is 4.31 Å². The minimum absolute atomic E-state index is 0.0265. The summed E-state index contributed by atoms with van der Waals surface area (Å²) in [6, 6.07) is 4.08. The fourth-order valence-corrected chi connectivity index (χ4v) is 3.35. The van der Waals surface area contributed by atoms with E-state index < -0.39 is 16.0 Å². The Hall–Kier alpha value is -2.00. The number of hydrogen-bond acceptors (Lipinski definition) is 5. The summed E-state index contributed by atoms with van der Waals surface area (Å²) < 4.78 is 29.9. The number of ether oxygens (including phenoxy) is 1. The Kier molecular flexibility index (Phi) is 6.12. The third-order valence-electron chi connectivity index (χ3n) is 3.55. The Morgan fingerprint density at radius 2 is 2.04 bits per heavy atom. The zero-order chi connectivity index (χ0) is 18.6. The molecule has 1 aromatic rings. The van der Waals surface area contributed by atoms with E-state index in [2.05, 4.69) is 15.4 Å². The SMILES string of the molecule is COC(=O)c1ccc(Cl)c(N(CCNC(=O)NC2CC2)S(C)(=O)=O)c1. The van der Waals surface area contributed by atoms with E-state index in [4.69, 9.17) is 11.6 Å². The lowest BCUT2D eigenvalue weighted by Gasteiger charge is -2.24. The molecule has 1 saturated carbocycles. The number of anilines is 1. The molecule has 0 radical (unpaired) electrons. The number of carbonyl (C=O) groups is 2. The number of sulfonamides is 1. The number of methoxy groups -OCH3 is 1. The summed E-state index contributed by atoms with van der Waals surface area (Å²) in [5.74, 6) is -0.603. The predicted octanol–water partition coefficient (Wildman–Crippen LogP) is 1.35. The van der Waals surface area contributed by atoms with Gasteiger partial charge in [0.2, 0.25) is 10.0 Å². The summed E-state index contributed by atoms with van der Waals surface area (Å²) in [7, 11) is -2.44. The molecule has 0 heterocycles. The normalized spacial score (nSPS) is 13.9. The highest BCUT2D eigenvalue weighted by Gasteiger charge is 2.24. The molecule has 8 nitrogen and oxygen atoms in total. The van der Waals surface area contributed by atoms with E-state index in [0.717, 1.165) is 23.4 Å². The lowest BCUT2D eigenvalue weighted by molar-refractivity contribution is 0.0600. The van der Waals surface area contributed by atoms with E-state index in [1.54, 1.807) is 0 Å². The van der Waals surface area contributed by atoms with Gasteiger partial charge in [0.1, 0.15) is 0 Å². The van der Waals surface area contributed by atoms with Gasteiger partial charge in [-0.15, -0.1) is 0 Å². The van der Waals surface area contributed by atoms with E-state index in [1.165, 1.54) is 25.3 Å². The first-order valence-electron chi connectivity index (χ1n) is 7.62. The first-order chi connectivity index (χ1) is 11.7. The summed E-state index contributed by atoms with van der Waals surface area (Å²) >= 11 is 6.11. The van der Waals surface area contributed by atoms with Crippen molar-refractivity contribution in [3.8, 4) is 0 Å². The van der Waals surface area contributed by atoms with Crippen LogP contribution >= 0.6 is 11.6 Å². The lowest BCUT2D eigenvalue weighted by Crippen LogP contribution is -2.42. The average molecular weight is 390 g/mol. The Labute approximate surface area is 151 Å². The highest BCUT2D eigenvalue weighted by atomic mass is 35.5. The highest BCUT2D eigenvalue weighted by Crippen LogP contribution is 2.29. The van der Waals surface area contributed by atoms with Crippen molar-refractivity contribution in [2.75, 3.05) is 30.8 Å². The van der Waals surface area contributed by atoms with Gasteiger partial charge in [-0.1, -0.05) is 11.6 Å². The molecular formula is C15H20ClN3O5S. The van der Waals surface area contributed by atoms with E-state index in [0.29, 0.717) is 0 Å². The van der Waals surface area contributed by atoms with E-state index >= 15 is 0 Å². The minimum atomic E-state index is -3.67. The quantitative estimate of drug-likeness (QED) is 0.685. The van der Waals surface area contributed by atoms with E-state index in [-0.39, 0.29) is 41.4 Å². The second-order valence-corrected chi connectivity index (χ2v) is 7.98. The van der Waals surface area contributed by atoms with Crippen molar-refractivity contribution >= 4 is 39.3 Å². The van der Waals surface area contributed by atoms with Crippen molar-refractivity contribution in [1.82, 2.24) is 10.6 Å². The van der Waals surface area contributed by atoms with Crippen LogP contribution in [0.25, 0.3) is 0 Å². The van der Waals surface area contributed by atoms with E-state index in [1.807, 2.05) is 0 Å². The number of hydrogen-bond donors (Lipinski definition) is 2. The van der Waals surface area contributed by atoms with Gasteiger partial charge >= 0.3 is 12.0 Å². The maximum absolute atomic E-state index is 12.1. The lowest BCUT2D eigenvalue weighted by atomic mass is 10.2. The van der Waals surface area contributed by atoms with Gasteiger partial charge in [-0.05, 0) is 31.0 Å². The van der Waals surface area contributed by atoms with Crippen molar-refractivity contribution in [2.45, 2.75) is 18.9 Å². The Morgan fingerprint density at radius 1 is 1.36 bits per heavy atom. The number of rotatable bonds is 7. The molecular weight excluding hydrogens is 370 g/mol. The van der Waals surface area contributed by atoms with Crippen LogP contribution < -0.4 is 14.9 Å². The summed E-state index contributed by atoms with van der Waals surface area (Å²) in [5.41, 5.74) is 0.325. The van der Waals surface area contributed by atoms with Crippen molar-refractivity contribution < 1.29 is 22.7 Å². The standard InChI is InChI=1S/C15H20ClN3O5S/c1-24-14(20)10-3-6-12(16)13(9-10)19(25(2,22)23)8-7-17-15(21)18-11-4-5-11/h3,6,9,11H,4-5,7-8H2,1-2H3,(H2,17,18,21). The fourth-order valence-electron chi connectivity index (χ4n) is 2.15. The highest BCUT2D eigenvalue weighted by molar-refractivity contribution is 7.92. The van der Waals surface area contributed by atoms with Gasteiger partial charge in [-0.25, -0.2) is 18.0 Å². The van der Waals surface area contributed by atoms with Crippen molar-refractivity contribution in [1.29, 1.82) is 0 Å². The molecule has 1 aliphatic rings. The Balaban J connectivity index is 2.13. The molecule has 0 atom stereocenters. The molecule has 1 aromatic carbocycles. The molecule has 2 rings (SSSR count). The monoisotopic (exact) mass is 389 g/mol. The number of nitrogens with one attached hydrogen (secondary N) is 2. The predicted molar refractivity (Wildman–Crippen MR) is 94.5 cm³/mol. The molecule has 0 spiro atoms. The largest absolute Gasteiger partial charge is 0.465 e. The van der Waals surface area contributed by atoms with Crippen LogP contribution in [-0.4, -0.2) is 52.9 Å². The van der Waals surface area contributed by atoms with Crippen molar-refractivity contribution in [3.05, 3.63) is 28.8 Å². The topological polar surface area (TPSA) is 105 Å². The maximum Gasteiger partial charge on any atom is 0.337 e. The summed E-state index contributed by atoms with van der Waals surface area (Å²) in [4.78, 5) is 23.3. The molecule has 0 saturated heterocycles. The zero-order valence-corrected chi connectivity index (χ0v) is 15.5. The molecule has 1 aliphatic carbocycles. The molecule has 0 aromatic heterocycles. The van der Waals surface area contributed by atoms with Gasteiger partial charge in [0.15, 0.2) is 0 Å². The van der Waals surface area contributed by atoms with Crippen molar-refractivity contribution in [2.24, 2.45) is 0 Å². The van der Waals surface area contributed by atoms with Gasteiger partial charge in [-0.2, -0.15) is 0 Å². The molecule has 0 bridgehead atoms. The molecule has 138 valence electrons. The molecule has 2 amide bonds. The van der Waals surface area contributed by atoms with E-state index in [9.17, 15) is 18.0 Å². The van der Waals surface area contributed by atoms with Gasteiger partial charge in [0.05, 0.1) is 36.2 Å². The zero-order valence-electron chi connectivity index (χ0n) is 13.9. The number of nitrogens with zero attached hydrogens (tertiary/aromatic N) is 1. The first kappa shape index (κ1) is 19.3. The molecule has 2 N–H and O–H groups in total. The van der Waals surface area contributed by atoms with Crippen LogP contribution in [0.1, 0.15) is 23.2 Å². The molecule has 1 fully saturated rings. The number of amides is 2. The molecule has 25 heavy (non-hydrogen) atoms. The number of carbonyl (C=O) groups excluding carboxylic acids is 2. The van der Waals surface area contributed by atoms with Crippen LogP contribution in [0.3, 0.4) is 0 Å². The molecule has 0 aliphatic heterocycles. The van der Waals surface area contributed by atoms with Gasteiger partial charge in [0.25, 0.3) is 0 Å². The van der Waals surface area contributed by atoms with Crippen molar-refractivity contribution in [3.63, 3.8) is 0 Å². The van der Waals surface area contributed by atoms with Crippen LogP contribution in [0.4, 0.5) is 10.5 Å². The third-order valence-corrected chi connectivity index (χ3v) is 5.05. The van der Waals surface area contributed by atoms with Crippen LogP contribution in [0.5, 0.6) is 0 Å². The number of benzene rings is 1. The number of urea groups is 1. The third kappa shape index (κ3) is 5.50. The van der Waals surface area contributed by atoms with Crippen LogP contribution in [0.15, 0.2) is 18.2 Å². The molecule has 0 unspecified atom stereocenters. The summed E-state index contributed by atoms with van der Waals surface area (Å²) in [6.45, 7) is 0.0612. The smallest absolute Gasteiger partial charge is 0.337 e. The van der Waals surface area contributed by atoms with Crippen LogP contribution in [-0.2, 0) is 14.8 Å². The second-order valence-electron chi connectivity index (χ2n) is 5.67. The fraction of sp³-hybridized carbons (Fsp3) is 0.467. The summed E-state index contributed by atoms with van der Waals surface area (Å²) in [6.07, 6.45) is 2.94. The Bertz CT molecular complexity index is 764. The second kappa shape index (κ2) is 7.92. The maximum atomic E-state index is 12.1. The minimum Gasteiger partial charge on any atom is -0.465 e. The summed E-state index contributed by atoms with van der Waals surface area (Å²) in [5, 5.41) is 5.51. The Morgan fingerprint density at radius 3 is 2.60 bits per heavy atom. The van der Waals surface area contributed by atoms with Crippen LogP contribution in [0.2, 0.25) is 5.02 Å². The number of halogens is 1. The first-order valence-corrected chi connectivity index (χ1v) is 9.85. The van der Waals surface area contributed by atoms with Crippen LogP contribution in [0, 0.1) is 0 Å². The number of esters is 1. The average Bonchev–Trinajstić information content (AvgIpc) is 3.34. The molecule has 10 heteroatoms. The van der Waals surface area contributed by atoms with Gasteiger partial charge in [0, 0.05) is 12.6 Å². The van der Waals surface area contributed by atoms with Gasteiger partial charge < -0.3 is 15.4 Å².